The second-order valence-corrected chi connectivity index (χ2v) is 18.9. The average molecular weight is 1050 g/mol. The molecule has 7 aromatic rings. The Morgan fingerprint density at radius 3 is 1.76 bits per heavy atom. The van der Waals surface area contributed by atoms with Gasteiger partial charge in [0, 0.05) is 45.0 Å². The standard InChI is InChI=1S/C53H44N6O7S3.BrH/c1-65-50(64)53(39-24-14-6-15-25-39,40-26-16-7-17-27-40)58-30-28-41(29-31-58)67-32-35-33-68-48-44(47(61)59(48)45(35)49(62)63)55-46(60)43(57-66-2)42-34-69-51(54-42)56-52(36-18-8-3-9-19-36,37-20-10-4-11-21-37)38-22-12-5-13-23-38;/h3-31,34,44,48H,32-33H2,1-2H3,(H2-,54,55,56,60,62,63);1H/b57-43-;/t44-,48-;/m1./s1. The predicted octanol–water partition coefficient (Wildman–Crippen LogP) is 4.68. The van der Waals surface area contributed by atoms with E-state index in [0.29, 0.717) is 27.6 Å². The first-order valence-corrected chi connectivity index (χ1v) is 24.7. The Hall–Kier alpha value is -7.05. The number of esters is 1. The van der Waals surface area contributed by atoms with Crippen LogP contribution in [0.3, 0.4) is 0 Å². The number of fused-ring (bicyclic) bond motifs is 1. The number of thioether (sulfide) groups is 2. The summed E-state index contributed by atoms with van der Waals surface area (Å²) in [6.45, 7) is 0. The number of nitrogens with one attached hydrogen (secondary N) is 2. The number of amides is 2. The van der Waals surface area contributed by atoms with Crippen LogP contribution in [-0.4, -0.2) is 81.6 Å². The molecule has 0 saturated carbocycles. The molecule has 0 spiro atoms. The lowest BCUT2D eigenvalue weighted by molar-refractivity contribution is -0.731. The zero-order valence-electron chi connectivity index (χ0n) is 37.7. The summed E-state index contributed by atoms with van der Waals surface area (Å²) in [7, 11) is 2.69. The third-order valence-corrected chi connectivity index (χ3v) is 15.3. The van der Waals surface area contributed by atoms with Crippen molar-refractivity contribution in [1.29, 1.82) is 0 Å². The summed E-state index contributed by atoms with van der Waals surface area (Å²) in [4.78, 5) is 66.6. The van der Waals surface area contributed by atoms with E-state index in [1.54, 1.807) is 17.8 Å². The average Bonchev–Trinajstić information content (AvgIpc) is 3.87. The van der Waals surface area contributed by atoms with Gasteiger partial charge in [-0.15, -0.1) is 34.9 Å². The molecule has 0 bridgehead atoms. The first kappa shape index (κ1) is 49.4. The second-order valence-electron chi connectivity index (χ2n) is 15.9. The maximum Gasteiger partial charge on any atom is 0.388 e. The van der Waals surface area contributed by atoms with E-state index in [1.807, 2.05) is 132 Å². The number of nitrogens with zero attached hydrogens (tertiary/aromatic N) is 4. The van der Waals surface area contributed by atoms with Crippen LogP contribution >= 0.6 is 34.9 Å². The van der Waals surface area contributed by atoms with E-state index in [2.05, 4.69) is 52.2 Å². The molecule has 0 radical (unpaired) electrons. The number of ether oxygens (including phenoxy) is 1. The molecule has 0 aliphatic carbocycles. The Balaban J connectivity index is 0.00000659. The molecular weight excluding hydrogens is 1010 g/mol. The number of methoxy groups -OCH3 is 1. The molecule has 9 rings (SSSR count). The zero-order chi connectivity index (χ0) is 48.0. The summed E-state index contributed by atoms with van der Waals surface area (Å²) < 4.78 is 7.24. The molecule has 5 aromatic carbocycles. The van der Waals surface area contributed by atoms with E-state index in [1.165, 1.54) is 54.0 Å². The van der Waals surface area contributed by atoms with Crippen molar-refractivity contribution < 1.29 is 55.4 Å². The summed E-state index contributed by atoms with van der Waals surface area (Å²) in [6.07, 6.45) is 3.61. The van der Waals surface area contributed by atoms with Gasteiger partial charge in [-0.25, -0.2) is 14.6 Å². The third kappa shape index (κ3) is 9.24. The van der Waals surface area contributed by atoms with Crippen LogP contribution in [0.15, 0.2) is 203 Å². The number of hydrogen-bond acceptors (Lipinski definition) is 12. The third-order valence-electron chi connectivity index (χ3n) is 12.1. The molecule has 2 aromatic heterocycles. The topological polar surface area (TPSA) is 163 Å². The van der Waals surface area contributed by atoms with Crippen molar-refractivity contribution in [3.63, 3.8) is 0 Å². The number of rotatable bonds is 17. The lowest BCUT2D eigenvalue weighted by Crippen LogP contribution is -3.00. The molecule has 1 saturated heterocycles. The summed E-state index contributed by atoms with van der Waals surface area (Å²) in [5.74, 6) is -2.39. The molecule has 4 heterocycles. The van der Waals surface area contributed by atoms with Crippen molar-refractivity contribution >= 4 is 69.5 Å². The van der Waals surface area contributed by atoms with E-state index >= 15 is 0 Å². The maximum absolute atomic E-state index is 14.0. The van der Waals surface area contributed by atoms with Gasteiger partial charge in [0.2, 0.25) is 0 Å². The van der Waals surface area contributed by atoms with E-state index in [4.69, 9.17) is 14.6 Å². The summed E-state index contributed by atoms with van der Waals surface area (Å²) in [5, 5.41) is 22.6. The molecule has 2 atom stereocenters. The minimum atomic E-state index is -1.32. The number of anilines is 1. The summed E-state index contributed by atoms with van der Waals surface area (Å²) in [6, 6.07) is 51.6. The van der Waals surface area contributed by atoms with Crippen LogP contribution in [0.2, 0.25) is 0 Å². The van der Waals surface area contributed by atoms with Crippen molar-refractivity contribution in [2.45, 2.75) is 27.4 Å². The Morgan fingerprint density at radius 1 is 0.786 bits per heavy atom. The second kappa shape index (κ2) is 21.7. The number of oxime groups is 1. The maximum atomic E-state index is 14.0. The highest BCUT2D eigenvalue weighted by atomic mass is 79.9. The van der Waals surface area contributed by atoms with Crippen LogP contribution in [0, 0.1) is 0 Å². The van der Waals surface area contributed by atoms with Crippen LogP contribution in [0.4, 0.5) is 5.13 Å². The van der Waals surface area contributed by atoms with Crippen LogP contribution in [0.1, 0.15) is 33.5 Å². The first-order chi connectivity index (χ1) is 33.7. The number of aromatic nitrogens is 2. The van der Waals surface area contributed by atoms with Crippen LogP contribution < -0.4 is 32.2 Å². The van der Waals surface area contributed by atoms with Gasteiger partial charge >= 0.3 is 17.5 Å². The minimum absolute atomic E-state index is 0. The SMILES string of the molecule is CO/N=C(\C(=O)N[C@@H]1C(=O)N2C(C(=O)O)=C(CSc3cc[n+](C(C(=O)OC)(c4ccccc4)c4ccccc4)cc3)CS[C@H]12)c1csc(NC(c2ccccc2)(c2ccccc2)c2ccccc2)n1.[Br-]. The molecule has 3 N–H and O–H groups in total. The number of aliphatic carboxylic acids is 1. The van der Waals surface area contributed by atoms with Gasteiger partial charge in [-0.1, -0.05) is 157 Å². The first-order valence-electron chi connectivity index (χ1n) is 21.8. The van der Waals surface area contributed by atoms with E-state index in [-0.39, 0.29) is 39.8 Å². The number of benzene rings is 5. The van der Waals surface area contributed by atoms with Gasteiger partial charge < -0.3 is 42.3 Å². The Bertz CT molecular complexity index is 2900. The largest absolute Gasteiger partial charge is 1.00 e. The molecule has 354 valence electrons. The fourth-order valence-corrected chi connectivity index (χ4v) is 12.0. The number of hydrogen-bond donors (Lipinski definition) is 3. The molecule has 13 nitrogen and oxygen atoms in total. The number of halogens is 1. The molecular formula is C53H45BrN6O7S3. The van der Waals surface area contributed by atoms with Crippen LogP contribution in [0.25, 0.3) is 0 Å². The van der Waals surface area contributed by atoms with Gasteiger partial charge in [0.05, 0.1) is 7.11 Å². The normalized spacial score (nSPS) is 15.7. The summed E-state index contributed by atoms with van der Waals surface area (Å²) in [5.41, 5.74) is 2.66. The van der Waals surface area contributed by atoms with Crippen LogP contribution in [0.5, 0.6) is 0 Å². The number of carbonyl (C=O) groups is 4. The van der Waals surface area contributed by atoms with Crippen LogP contribution in [-0.2, 0) is 39.8 Å². The monoisotopic (exact) mass is 1050 g/mol. The highest BCUT2D eigenvalue weighted by Crippen LogP contribution is 2.43. The molecule has 2 amide bonds. The highest BCUT2D eigenvalue weighted by Gasteiger charge is 2.55. The van der Waals surface area contributed by atoms with E-state index < -0.39 is 46.2 Å². The minimum Gasteiger partial charge on any atom is -1.00 e. The van der Waals surface area contributed by atoms with Crippen molar-refractivity contribution in [3.05, 3.63) is 226 Å². The number of carboxylic acid groups (broad SMARTS) is 1. The zero-order valence-corrected chi connectivity index (χ0v) is 41.7. The number of β-lactam (4-membered cyclic amide) rings is 1. The molecule has 1 fully saturated rings. The van der Waals surface area contributed by atoms with Gasteiger partial charge in [-0.2, -0.15) is 4.57 Å². The van der Waals surface area contributed by atoms with Crippen molar-refractivity contribution in [2.24, 2.45) is 5.16 Å². The van der Waals surface area contributed by atoms with Crippen molar-refractivity contribution in [2.75, 3.05) is 31.0 Å². The summed E-state index contributed by atoms with van der Waals surface area (Å²) >= 11 is 4.06. The molecule has 17 heteroatoms. The number of carboxylic acids is 1. The smallest absolute Gasteiger partial charge is 0.388 e. The van der Waals surface area contributed by atoms with Gasteiger partial charge in [0.1, 0.15) is 35.5 Å². The lowest BCUT2D eigenvalue weighted by Gasteiger charge is -2.49. The number of carbonyl (C=O) groups excluding carboxylic acids is 3. The van der Waals surface area contributed by atoms with Gasteiger partial charge in [0.25, 0.3) is 11.8 Å². The van der Waals surface area contributed by atoms with E-state index in [9.17, 15) is 24.3 Å². The fourth-order valence-electron chi connectivity index (χ4n) is 8.90. The lowest BCUT2D eigenvalue weighted by atomic mass is 9.77. The molecule has 2 aliphatic rings. The van der Waals surface area contributed by atoms with Crippen molar-refractivity contribution in [1.82, 2.24) is 15.2 Å². The van der Waals surface area contributed by atoms with Gasteiger partial charge in [-0.05, 0) is 22.3 Å². The van der Waals surface area contributed by atoms with Crippen molar-refractivity contribution in [3.8, 4) is 0 Å². The molecule has 2 aliphatic heterocycles. The Kier molecular flexibility index (Phi) is 15.3. The van der Waals surface area contributed by atoms with E-state index in [0.717, 1.165) is 21.6 Å². The fraction of sp³-hybridized carbons (Fsp3) is 0.151. The Morgan fingerprint density at radius 2 is 1.29 bits per heavy atom. The quantitative estimate of drug-likeness (QED) is 0.0221. The molecule has 0 unspecified atom stereocenters. The highest BCUT2D eigenvalue weighted by molar-refractivity contribution is 8.01. The Labute approximate surface area is 427 Å². The van der Waals surface area contributed by atoms with Gasteiger partial charge in [0.15, 0.2) is 23.2 Å². The van der Waals surface area contributed by atoms with Gasteiger partial charge in [-0.3, -0.25) is 14.5 Å². The number of thiazole rings is 1. The predicted molar refractivity (Wildman–Crippen MR) is 267 cm³/mol. The molecule has 70 heavy (non-hydrogen) atoms. The number of pyridine rings is 1.